The first-order chi connectivity index (χ1) is 10.9. The molecular formula is C18H18N2O3. The molecule has 1 aromatic carbocycles. The molecular weight excluding hydrogens is 292 g/mol. The summed E-state index contributed by atoms with van der Waals surface area (Å²) in [7, 11) is 1.65. The van der Waals surface area contributed by atoms with Crippen molar-refractivity contribution in [3.05, 3.63) is 68.2 Å². The number of nitrogens with two attached hydrogens (primary N) is 1. The SMILES string of the molecule is Cc1cc(C(C)N)c2oc(-c3ccc(=O)n(C)c3)cc(=O)c2c1. The molecule has 2 aromatic heterocycles. The van der Waals surface area contributed by atoms with Gasteiger partial charge in [0.15, 0.2) is 5.43 Å². The van der Waals surface area contributed by atoms with E-state index in [1.165, 1.54) is 16.7 Å². The van der Waals surface area contributed by atoms with Crippen molar-refractivity contribution < 1.29 is 4.42 Å². The van der Waals surface area contributed by atoms with E-state index in [1.807, 2.05) is 19.9 Å². The van der Waals surface area contributed by atoms with Crippen molar-refractivity contribution in [1.29, 1.82) is 0 Å². The van der Waals surface area contributed by atoms with Crippen LogP contribution in [0.15, 0.2) is 50.5 Å². The van der Waals surface area contributed by atoms with Crippen LogP contribution in [-0.4, -0.2) is 4.57 Å². The Bertz CT molecular complexity index is 1010. The van der Waals surface area contributed by atoms with E-state index >= 15 is 0 Å². The van der Waals surface area contributed by atoms with Gasteiger partial charge in [-0.25, -0.2) is 0 Å². The molecule has 0 fully saturated rings. The summed E-state index contributed by atoms with van der Waals surface area (Å²) in [6.45, 7) is 3.78. The van der Waals surface area contributed by atoms with Crippen molar-refractivity contribution in [2.75, 3.05) is 0 Å². The second-order valence-corrected chi connectivity index (χ2v) is 5.86. The Balaban J connectivity index is 2.34. The van der Waals surface area contributed by atoms with E-state index in [4.69, 9.17) is 10.2 Å². The second-order valence-electron chi connectivity index (χ2n) is 5.86. The standard InChI is InChI=1S/C18H18N2O3/c1-10-6-13(11(2)19)18-14(7-10)15(21)8-16(23-18)12-4-5-17(22)20(3)9-12/h4-9,11H,19H2,1-3H3. The van der Waals surface area contributed by atoms with Crippen LogP contribution in [0.25, 0.3) is 22.3 Å². The maximum Gasteiger partial charge on any atom is 0.250 e. The van der Waals surface area contributed by atoms with Gasteiger partial charge in [0, 0.05) is 42.5 Å². The lowest BCUT2D eigenvalue weighted by Gasteiger charge is -2.12. The lowest BCUT2D eigenvalue weighted by atomic mass is 10.0. The van der Waals surface area contributed by atoms with E-state index < -0.39 is 0 Å². The molecule has 0 aliphatic heterocycles. The first-order valence-corrected chi connectivity index (χ1v) is 7.38. The van der Waals surface area contributed by atoms with Crippen LogP contribution >= 0.6 is 0 Å². The highest BCUT2D eigenvalue weighted by molar-refractivity contribution is 5.82. The van der Waals surface area contributed by atoms with Crippen LogP contribution < -0.4 is 16.7 Å². The highest BCUT2D eigenvalue weighted by Crippen LogP contribution is 2.27. The third kappa shape index (κ3) is 2.71. The summed E-state index contributed by atoms with van der Waals surface area (Å²) in [5.74, 6) is 0.420. The van der Waals surface area contributed by atoms with Gasteiger partial charge in [-0.05, 0) is 31.5 Å². The molecule has 0 saturated heterocycles. The van der Waals surface area contributed by atoms with Gasteiger partial charge in [-0.1, -0.05) is 6.07 Å². The van der Waals surface area contributed by atoms with Crippen LogP contribution in [0.4, 0.5) is 0 Å². The van der Waals surface area contributed by atoms with Crippen molar-refractivity contribution >= 4 is 11.0 Å². The van der Waals surface area contributed by atoms with Gasteiger partial charge in [-0.3, -0.25) is 9.59 Å². The maximum absolute atomic E-state index is 12.5. The number of pyridine rings is 1. The van der Waals surface area contributed by atoms with Gasteiger partial charge in [0.05, 0.1) is 5.39 Å². The third-order valence-corrected chi connectivity index (χ3v) is 3.86. The first-order valence-electron chi connectivity index (χ1n) is 7.38. The van der Waals surface area contributed by atoms with Crippen LogP contribution in [0.3, 0.4) is 0 Å². The molecule has 118 valence electrons. The fourth-order valence-corrected chi connectivity index (χ4v) is 2.65. The van der Waals surface area contributed by atoms with E-state index in [0.29, 0.717) is 22.3 Å². The predicted octanol–water partition coefficient (Wildman–Crippen LogP) is 2.49. The molecule has 0 amide bonds. The zero-order valence-electron chi connectivity index (χ0n) is 13.3. The Kier molecular flexibility index (Phi) is 3.66. The number of fused-ring (bicyclic) bond motifs is 1. The van der Waals surface area contributed by atoms with Crippen molar-refractivity contribution in [2.45, 2.75) is 19.9 Å². The van der Waals surface area contributed by atoms with Crippen LogP contribution in [0, 0.1) is 6.92 Å². The Morgan fingerprint density at radius 2 is 1.91 bits per heavy atom. The number of hydrogen-bond acceptors (Lipinski definition) is 4. The van der Waals surface area contributed by atoms with Gasteiger partial charge in [0.1, 0.15) is 11.3 Å². The minimum atomic E-state index is -0.254. The number of rotatable bonds is 2. The number of hydrogen-bond donors (Lipinski definition) is 1. The fraction of sp³-hybridized carbons (Fsp3) is 0.222. The summed E-state index contributed by atoms with van der Waals surface area (Å²) in [6, 6.07) is 8.02. The molecule has 0 spiro atoms. The molecule has 0 aliphatic rings. The predicted molar refractivity (Wildman–Crippen MR) is 90.5 cm³/mol. The van der Waals surface area contributed by atoms with Gasteiger partial charge >= 0.3 is 0 Å². The Morgan fingerprint density at radius 1 is 1.17 bits per heavy atom. The molecule has 5 nitrogen and oxygen atoms in total. The van der Waals surface area contributed by atoms with Gasteiger partial charge in [-0.15, -0.1) is 0 Å². The quantitative estimate of drug-likeness (QED) is 0.789. The lowest BCUT2D eigenvalue weighted by Crippen LogP contribution is -2.14. The molecule has 2 N–H and O–H groups in total. The molecule has 0 saturated carbocycles. The zero-order chi connectivity index (χ0) is 16.7. The molecule has 2 heterocycles. The largest absolute Gasteiger partial charge is 0.455 e. The average molecular weight is 310 g/mol. The smallest absolute Gasteiger partial charge is 0.250 e. The van der Waals surface area contributed by atoms with Gasteiger partial charge < -0.3 is 14.7 Å². The number of benzene rings is 1. The average Bonchev–Trinajstić information content (AvgIpc) is 2.49. The molecule has 0 aliphatic carbocycles. The fourth-order valence-electron chi connectivity index (χ4n) is 2.65. The lowest BCUT2D eigenvalue weighted by molar-refractivity contribution is 0.606. The van der Waals surface area contributed by atoms with E-state index in [0.717, 1.165) is 11.1 Å². The van der Waals surface area contributed by atoms with Crippen LogP contribution in [0.1, 0.15) is 24.1 Å². The topological polar surface area (TPSA) is 78.2 Å². The highest BCUT2D eigenvalue weighted by atomic mass is 16.3. The zero-order valence-corrected chi connectivity index (χ0v) is 13.3. The molecule has 23 heavy (non-hydrogen) atoms. The van der Waals surface area contributed by atoms with E-state index in [-0.39, 0.29) is 17.0 Å². The van der Waals surface area contributed by atoms with Crippen molar-refractivity contribution in [3.63, 3.8) is 0 Å². The summed E-state index contributed by atoms with van der Waals surface area (Å²) >= 11 is 0. The minimum absolute atomic E-state index is 0.121. The van der Waals surface area contributed by atoms with E-state index in [1.54, 1.807) is 25.4 Å². The van der Waals surface area contributed by atoms with Crippen LogP contribution in [0.2, 0.25) is 0 Å². The summed E-state index contributed by atoms with van der Waals surface area (Å²) in [5.41, 5.74) is 8.71. The molecule has 0 bridgehead atoms. The summed E-state index contributed by atoms with van der Waals surface area (Å²) in [5, 5.41) is 0.519. The monoisotopic (exact) mass is 310 g/mol. The maximum atomic E-state index is 12.5. The molecule has 5 heteroatoms. The van der Waals surface area contributed by atoms with Gasteiger partial charge in [-0.2, -0.15) is 0 Å². The van der Waals surface area contributed by atoms with Crippen molar-refractivity contribution in [1.82, 2.24) is 4.57 Å². The second kappa shape index (κ2) is 5.52. The molecule has 3 aromatic rings. The summed E-state index contributed by atoms with van der Waals surface area (Å²) < 4.78 is 7.42. The van der Waals surface area contributed by atoms with Gasteiger partial charge in [0.2, 0.25) is 5.56 Å². The molecule has 0 radical (unpaired) electrons. The molecule has 1 unspecified atom stereocenters. The number of aryl methyl sites for hydroxylation is 2. The van der Waals surface area contributed by atoms with Gasteiger partial charge in [0.25, 0.3) is 0 Å². The van der Waals surface area contributed by atoms with Crippen molar-refractivity contribution in [2.24, 2.45) is 12.8 Å². The van der Waals surface area contributed by atoms with E-state index in [9.17, 15) is 9.59 Å². The number of nitrogens with zero attached hydrogens (tertiary/aromatic N) is 1. The highest BCUT2D eigenvalue weighted by Gasteiger charge is 2.14. The Hall–Kier alpha value is -2.66. The summed E-state index contributed by atoms with van der Waals surface area (Å²) in [4.78, 5) is 24.0. The molecule has 3 rings (SSSR count). The van der Waals surface area contributed by atoms with Crippen molar-refractivity contribution in [3.8, 4) is 11.3 Å². The Morgan fingerprint density at radius 3 is 2.57 bits per heavy atom. The van der Waals surface area contributed by atoms with Crippen LogP contribution in [-0.2, 0) is 7.05 Å². The number of aromatic nitrogens is 1. The molecule has 1 atom stereocenters. The third-order valence-electron chi connectivity index (χ3n) is 3.86. The van der Waals surface area contributed by atoms with Crippen LogP contribution in [0.5, 0.6) is 0 Å². The minimum Gasteiger partial charge on any atom is -0.455 e. The summed E-state index contributed by atoms with van der Waals surface area (Å²) in [6.07, 6.45) is 1.65. The van der Waals surface area contributed by atoms with E-state index in [2.05, 4.69) is 0 Å². The Labute approximate surface area is 133 Å². The first kappa shape index (κ1) is 15.2. The normalized spacial score (nSPS) is 12.5.